The van der Waals surface area contributed by atoms with Crippen LogP contribution in [-0.4, -0.2) is 128 Å². The topological polar surface area (TPSA) is 275 Å². The maximum Gasteiger partial charge on any atom is 2.00 e. The van der Waals surface area contributed by atoms with E-state index < -0.39 is 78.3 Å². The summed E-state index contributed by atoms with van der Waals surface area (Å²) < 4.78 is 65.5. The molecule has 0 fully saturated rings. The molecule has 0 amide bonds. The monoisotopic (exact) mass is 910 g/mol. The predicted octanol–water partition coefficient (Wildman–Crippen LogP) is 2.63. The van der Waals surface area contributed by atoms with Gasteiger partial charge in [0.05, 0.1) is 11.9 Å². The number of carboxylic acids is 4. The summed E-state index contributed by atoms with van der Waals surface area (Å²) in [5.74, 6) is -11.7. The second-order valence-corrected chi connectivity index (χ2v) is 18.4. The molecule has 4 atom stereocenters. The Balaban J connectivity index is -0.000000314. The van der Waals surface area contributed by atoms with Gasteiger partial charge in [-0.05, 0) is 25.7 Å². The Morgan fingerprint density at radius 2 is 0.593 bits per heavy atom. The molecule has 0 N–H and O–H groups in total. The van der Waals surface area contributed by atoms with Crippen LogP contribution in [0.25, 0.3) is 0 Å². The first-order chi connectivity index (χ1) is 26.3. The van der Waals surface area contributed by atoms with Crippen molar-refractivity contribution in [1.82, 2.24) is 0 Å². The van der Waals surface area contributed by atoms with Crippen molar-refractivity contribution >= 4 is 113 Å². The molecule has 0 radical (unpaired) electrons. The van der Waals surface area contributed by atoms with Crippen molar-refractivity contribution in [3.05, 3.63) is 0 Å². The Morgan fingerprint density at radius 3 is 0.780 bits per heavy atom. The molecule has 0 heterocycles. The van der Waals surface area contributed by atoms with E-state index in [1.165, 1.54) is 0 Å². The van der Waals surface area contributed by atoms with Gasteiger partial charge >= 0.3 is 69.2 Å². The molecule has 0 aliphatic carbocycles. The van der Waals surface area contributed by atoms with Crippen LogP contribution in [0.4, 0.5) is 0 Å². The largest absolute Gasteiger partial charge is 2.00 e. The fraction of sp³-hybridized carbons (Fsp3) is 0.900. The fourth-order valence-corrected chi connectivity index (χ4v) is 9.64. The smallest absolute Gasteiger partial charge is 0.747 e. The van der Waals surface area contributed by atoms with E-state index >= 15 is 0 Å². The number of carbonyl (C=O) groups excluding carboxylic acids is 4. The SMILES string of the molecule is CCCCCCCCC(C(=O)[O-])C(CCCCCCCC)(C(=O)[O-])S(=O)(=O)[O-].CCCCCCCCC(C(=O)[O-])C(CCCCCCCC)(C(=O)[O-])S(=O)(=O)[O-].[Mg+2].[Mg+2].[Mg+2]. The van der Waals surface area contributed by atoms with Gasteiger partial charge in [-0.1, -0.05) is 182 Å². The Bertz CT molecular complexity index is 1230. The van der Waals surface area contributed by atoms with Crippen LogP contribution in [0.2, 0.25) is 0 Å². The zero-order chi connectivity index (χ0) is 43.3. The summed E-state index contributed by atoms with van der Waals surface area (Å²) >= 11 is 0. The van der Waals surface area contributed by atoms with Crippen LogP contribution in [0.3, 0.4) is 0 Å². The van der Waals surface area contributed by atoms with Crippen LogP contribution in [-0.2, 0) is 39.4 Å². The molecule has 0 aromatic heterocycles. The van der Waals surface area contributed by atoms with Crippen molar-refractivity contribution in [1.29, 1.82) is 0 Å². The summed E-state index contributed by atoms with van der Waals surface area (Å²) in [4.78, 5) is 46.8. The average molecular weight is 912 g/mol. The van der Waals surface area contributed by atoms with Gasteiger partial charge in [0, 0.05) is 23.8 Å². The molecule has 59 heavy (non-hydrogen) atoms. The van der Waals surface area contributed by atoms with Crippen molar-refractivity contribution in [3.8, 4) is 0 Å². The minimum Gasteiger partial charge on any atom is -0.747 e. The zero-order valence-corrected chi connectivity index (χ0v) is 42.5. The summed E-state index contributed by atoms with van der Waals surface area (Å²) in [6.07, 6.45) is 16.9. The minimum atomic E-state index is -5.45. The zero-order valence-electron chi connectivity index (χ0n) is 36.6. The van der Waals surface area contributed by atoms with Crippen molar-refractivity contribution in [2.24, 2.45) is 11.8 Å². The van der Waals surface area contributed by atoms with Crippen molar-refractivity contribution in [2.75, 3.05) is 0 Å². The molecule has 0 saturated heterocycles. The molecule has 14 nitrogen and oxygen atoms in total. The van der Waals surface area contributed by atoms with E-state index in [1.807, 2.05) is 13.8 Å². The number of carbonyl (C=O) groups is 4. The summed E-state index contributed by atoms with van der Waals surface area (Å²) in [6, 6.07) is 0. The van der Waals surface area contributed by atoms with Gasteiger partial charge in [-0.15, -0.1) is 0 Å². The van der Waals surface area contributed by atoms with E-state index in [9.17, 15) is 65.5 Å². The summed E-state index contributed by atoms with van der Waals surface area (Å²) in [7, 11) is -10.9. The molecule has 332 valence electrons. The second kappa shape index (κ2) is 38.5. The average Bonchev–Trinajstić information content (AvgIpc) is 3.10. The Labute approximate surface area is 404 Å². The van der Waals surface area contributed by atoms with Crippen LogP contribution < -0.4 is 20.4 Å². The first-order valence-corrected chi connectivity index (χ1v) is 23.9. The third kappa shape index (κ3) is 25.8. The number of unbranched alkanes of at least 4 members (excludes halogenated alkanes) is 20. The minimum absolute atomic E-state index is 0. The second-order valence-electron chi connectivity index (χ2n) is 15.2. The van der Waals surface area contributed by atoms with E-state index in [1.54, 1.807) is 0 Å². The first-order valence-electron chi connectivity index (χ1n) is 21.0. The number of hydrogen-bond donors (Lipinski definition) is 0. The normalized spacial score (nSPS) is 14.3. The van der Waals surface area contributed by atoms with Crippen molar-refractivity contribution in [2.45, 2.75) is 217 Å². The predicted molar refractivity (Wildman–Crippen MR) is 221 cm³/mol. The van der Waals surface area contributed by atoms with Gasteiger partial charge in [0.2, 0.25) is 0 Å². The molecule has 19 heteroatoms. The molecular formula is C40H70Mg3O14S2. The molecule has 4 unspecified atom stereocenters. The third-order valence-corrected chi connectivity index (χ3v) is 13.9. The quantitative estimate of drug-likeness (QED) is 0.0497. The van der Waals surface area contributed by atoms with Gasteiger partial charge in [0.25, 0.3) is 0 Å². The van der Waals surface area contributed by atoms with E-state index in [0.29, 0.717) is 38.5 Å². The van der Waals surface area contributed by atoms with Gasteiger partial charge in [-0.3, -0.25) is 0 Å². The molecule has 0 saturated carbocycles. The van der Waals surface area contributed by atoms with E-state index in [-0.39, 0.29) is 94.8 Å². The van der Waals surface area contributed by atoms with E-state index in [2.05, 4.69) is 13.8 Å². The Morgan fingerprint density at radius 1 is 0.390 bits per heavy atom. The summed E-state index contributed by atoms with van der Waals surface area (Å²) in [6.45, 7) is 8.19. The number of hydrogen-bond acceptors (Lipinski definition) is 14. The molecule has 0 aromatic rings. The number of rotatable bonds is 36. The Kier molecular flexibility index (Phi) is 44.4. The number of carboxylic acid groups (broad SMARTS) is 4. The van der Waals surface area contributed by atoms with Crippen LogP contribution >= 0.6 is 0 Å². The van der Waals surface area contributed by atoms with Crippen LogP contribution in [0, 0.1) is 11.8 Å². The molecular weight excluding hydrogens is 841 g/mol. The van der Waals surface area contributed by atoms with Gasteiger partial charge in [0.1, 0.15) is 29.7 Å². The Hall–Kier alpha value is -0.00130. The molecule has 0 bridgehead atoms. The maximum atomic E-state index is 11.9. The van der Waals surface area contributed by atoms with Crippen LogP contribution in [0.5, 0.6) is 0 Å². The van der Waals surface area contributed by atoms with E-state index in [4.69, 9.17) is 0 Å². The fourth-order valence-electron chi connectivity index (χ4n) is 7.32. The molecule has 0 rings (SSSR count). The molecule has 0 aliphatic rings. The summed E-state index contributed by atoms with van der Waals surface area (Å²) in [5, 5.41) is 46.8. The maximum absolute atomic E-state index is 11.9. The number of aliphatic carboxylic acids is 4. The first kappa shape index (κ1) is 68.1. The standard InChI is InChI=1S/2C20H38O7S.3Mg/c2*1-3-5-7-9-11-13-15-17(18(21)22)20(19(23)24,28(25,26)27)16-14-12-10-8-6-4-2;;;/h2*17H,3-16H2,1-2H3,(H,21,22)(H,23,24)(H,25,26,27);;;/q;;3*+2/p-6. The van der Waals surface area contributed by atoms with E-state index in [0.717, 1.165) is 103 Å². The summed E-state index contributed by atoms with van der Waals surface area (Å²) in [5.41, 5.74) is 0. The van der Waals surface area contributed by atoms with Crippen molar-refractivity contribution in [3.63, 3.8) is 0 Å². The third-order valence-electron chi connectivity index (χ3n) is 10.8. The van der Waals surface area contributed by atoms with Gasteiger partial charge in [-0.25, -0.2) is 16.8 Å². The molecule has 0 aromatic carbocycles. The molecule has 0 spiro atoms. The van der Waals surface area contributed by atoms with Gasteiger partial charge in [-0.2, -0.15) is 0 Å². The van der Waals surface area contributed by atoms with Gasteiger partial charge < -0.3 is 48.7 Å². The van der Waals surface area contributed by atoms with Crippen LogP contribution in [0.1, 0.15) is 207 Å². The van der Waals surface area contributed by atoms with Gasteiger partial charge in [0.15, 0.2) is 0 Å². The van der Waals surface area contributed by atoms with Crippen LogP contribution in [0.15, 0.2) is 0 Å². The molecule has 0 aliphatic heterocycles. The van der Waals surface area contributed by atoms with Crippen molar-refractivity contribution < 1.29 is 65.5 Å².